The number of carbonyl (C=O) groups is 2. The highest BCUT2D eigenvalue weighted by atomic mass is 16.5. The van der Waals surface area contributed by atoms with Crippen molar-refractivity contribution >= 4 is 11.9 Å². The highest BCUT2D eigenvalue weighted by Crippen LogP contribution is 2.24. The molecule has 0 aliphatic carbocycles. The molecule has 1 aliphatic rings. The Morgan fingerprint density at radius 3 is 2.36 bits per heavy atom. The molecule has 6 heteroatoms. The van der Waals surface area contributed by atoms with Gasteiger partial charge >= 0.3 is 5.97 Å². The van der Waals surface area contributed by atoms with Gasteiger partial charge in [0, 0.05) is 25.6 Å². The number of ether oxygens (including phenoxy) is 3. The van der Waals surface area contributed by atoms with Crippen LogP contribution in [0.15, 0.2) is 18.2 Å². The minimum Gasteiger partial charge on any atom is -0.497 e. The summed E-state index contributed by atoms with van der Waals surface area (Å²) in [6, 6.07) is 5.64. The standard InChI is InChI=1S/C16H21NO5/c1-20-13-6-11(7-14(9-13)21-2)4-5-17-10-12(8-15(17)18)16(19)22-3/h6-7,9,12H,4-5,8,10H2,1-3H3. The van der Waals surface area contributed by atoms with Crippen LogP contribution in [0.5, 0.6) is 11.5 Å². The first kappa shape index (κ1) is 16.1. The SMILES string of the molecule is COC(=O)C1CC(=O)N(CCc2cc(OC)cc(OC)c2)C1. The Balaban J connectivity index is 1.98. The molecule has 0 spiro atoms. The number of benzene rings is 1. The summed E-state index contributed by atoms with van der Waals surface area (Å²) < 4.78 is 15.2. The topological polar surface area (TPSA) is 65.1 Å². The Morgan fingerprint density at radius 2 is 1.82 bits per heavy atom. The second-order valence-electron chi connectivity index (χ2n) is 5.23. The van der Waals surface area contributed by atoms with E-state index in [1.54, 1.807) is 25.2 Å². The maximum absolute atomic E-state index is 11.9. The molecule has 1 aliphatic heterocycles. The molecular formula is C16H21NO5. The zero-order valence-electron chi connectivity index (χ0n) is 13.1. The lowest BCUT2D eigenvalue weighted by Crippen LogP contribution is -2.28. The van der Waals surface area contributed by atoms with Crippen molar-refractivity contribution in [3.05, 3.63) is 23.8 Å². The summed E-state index contributed by atoms with van der Waals surface area (Å²) in [6.07, 6.45) is 0.904. The van der Waals surface area contributed by atoms with Crippen molar-refractivity contribution in [2.45, 2.75) is 12.8 Å². The zero-order chi connectivity index (χ0) is 16.1. The summed E-state index contributed by atoms with van der Waals surface area (Å²) in [7, 11) is 4.55. The third-order valence-corrected chi connectivity index (χ3v) is 3.83. The molecule has 1 fully saturated rings. The number of esters is 1. The summed E-state index contributed by atoms with van der Waals surface area (Å²) in [6.45, 7) is 0.981. The number of amides is 1. The van der Waals surface area contributed by atoms with Crippen molar-refractivity contribution in [1.29, 1.82) is 0 Å². The van der Waals surface area contributed by atoms with Gasteiger partial charge in [-0.1, -0.05) is 0 Å². The Bertz CT molecular complexity index is 535. The van der Waals surface area contributed by atoms with Gasteiger partial charge in [-0.3, -0.25) is 9.59 Å². The van der Waals surface area contributed by atoms with Crippen LogP contribution < -0.4 is 9.47 Å². The molecule has 1 atom stereocenters. The molecule has 1 aromatic carbocycles. The van der Waals surface area contributed by atoms with E-state index in [4.69, 9.17) is 14.2 Å². The molecule has 0 aromatic heterocycles. The summed E-state index contributed by atoms with van der Waals surface area (Å²) in [5.41, 5.74) is 1.02. The lowest BCUT2D eigenvalue weighted by molar-refractivity contribution is -0.145. The number of nitrogens with zero attached hydrogens (tertiary/aromatic N) is 1. The van der Waals surface area contributed by atoms with Crippen molar-refractivity contribution in [2.24, 2.45) is 5.92 Å². The average molecular weight is 307 g/mol. The van der Waals surface area contributed by atoms with Crippen LogP contribution in [-0.2, 0) is 20.7 Å². The number of carbonyl (C=O) groups excluding carboxylic acids is 2. The van der Waals surface area contributed by atoms with E-state index in [1.807, 2.05) is 12.1 Å². The number of rotatable bonds is 6. The van der Waals surface area contributed by atoms with Crippen molar-refractivity contribution in [1.82, 2.24) is 4.90 Å². The highest BCUT2D eigenvalue weighted by Gasteiger charge is 2.34. The second kappa shape index (κ2) is 7.15. The number of hydrogen-bond acceptors (Lipinski definition) is 5. The van der Waals surface area contributed by atoms with Crippen molar-refractivity contribution in [2.75, 3.05) is 34.4 Å². The second-order valence-corrected chi connectivity index (χ2v) is 5.23. The van der Waals surface area contributed by atoms with Crippen LogP contribution in [0.1, 0.15) is 12.0 Å². The Labute approximate surface area is 129 Å². The van der Waals surface area contributed by atoms with Crippen LogP contribution in [0.4, 0.5) is 0 Å². The van der Waals surface area contributed by atoms with Crippen LogP contribution >= 0.6 is 0 Å². The van der Waals surface area contributed by atoms with Crippen LogP contribution in [0.2, 0.25) is 0 Å². The van der Waals surface area contributed by atoms with Crippen LogP contribution in [0.3, 0.4) is 0 Å². The fourth-order valence-corrected chi connectivity index (χ4v) is 2.59. The molecule has 1 unspecified atom stereocenters. The summed E-state index contributed by atoms with van der Waals surface area (Å²) in [4.78, 5) is 25.2. The summed E-state index contributed by atoms with van der Waals surface area (Å²) >= 11 is 0. The zero-order valence-corrected chi connectivity index (χ0v) is 13.1. The molecule has 1 heterocycles. The first-order valence-electron chi connectivity index (χ1n) is 7.15. The first-order chi connectivity index (χ1) is 10.6. The van der Waals surface area contributed by atoms with E-state index in [0.717, 1.165) is 17.1 Å². The lowest BCUT2D eigenvalue weighted by Gasteiger charge is -2.16. The van der Waals surface area contributed by atoms with Crippen LogP contribution in [0, 0.1) is 5.92 Å². The van der Waals surface area contributed by atoms with Gasteiger partial charge in [-0.05, 0) is 24.1 Å². The van der Waals surface area contributed by atoms with E-state index < -0.39 is 0 Å². The maximum atomic E-state index is 11.9. The summed E-state index contributed by atoms with van der Waals surface area (Å²) in [5, 5.41) is 0. The van der Waals surface area contributed by atoms with E-state index in [1.165, 1.54) is 7.11 Å². The van der Waals surface area contributed by atoms with Crippen molar-refractivity contribution in [3.63, 3.8) is 0 Å². The monoisotopic (exact) mass is 307 g/mol. The van der Waals surface area contributed by atoms with Gasteiger partial charge in [-0.15, -0.1) is 0 Å². The van der Waals surface area contributed by atoms with Gasteiger partial charge in [0.2, 0.25) is 5.91 Å². The molecule has 0 radical (unpaired) electrons. The first-order valence-corrected chi connectivity index (χ1v) is 7.15. The largest absolute Gasteiger partial charge is 0.497 e. The molecule has 120 valence electrons. The molecule has 6 nitrogen and oxygen atoms in total. The Morgan fingerprint density at radius 1 is 1.18 bits per heavy atom. The molecule has 0 saturated carbocycles. The smallest absolute Gasteiger partial charge is 0.310 e. The van der Waals surface area contributed by atoms with Gasteiger partial charge in [-0.2, -0.15) is 0 Å². The minimum absolute atomic E-state index is 0.00902. The van der Waals surface area contributed by atoms with Gasteiger partial charge < -0.3 is 19.1 Å². The van der Waals surface area contributed by atoms with Crippen molar-refractivity contribution < 1.29 is 23.8 Å². The highest BCUT2D eigenvalue weighted by molar-refractivity contribution is 5.86. The molecule has 1 saturated heterocycles. The molecule has 1 amide bonds. The minimum atomic E-state index is -0.350. The van der Waals surface area contributed by atoms with Gasteiger partial charge in [0.15, 0.2) is 0 Å². The van der Waals surface area contributed by atoms with Crippen LogP contribution in [0.25, 0.3) is 0 Å². The van der Waals surface area contributed by atoms with E-state index in [9.17, 15) is 9.59 Å². The van der Waals surface area contributed by atoms with E-state index >= 15 is 0 Å². The van der Waals surface area contributed by atoms with Crippen molar-refractivity contribution in [3.8, 4) is 11.5 Å². The maximum Gasteiger partial charge on any atom is 0.310 e. The van der Waals surface area contributed by atoms with E-state index in [0.29, 0.717) is 19.5 Å². The lowest BCUT2D eigenvalue weighted by atomic mass is 10.1. The Kier molecular flexibility index (Phi) is 5.25. The third-order valence-electron chi connectivity index (χ3n) is 3.83. The van der Waals surface area contributed by atoms with E-state index in [-0.39, 0.29) is 24.2 Å². The van der Waals surface area contributed by atoms with E-state index in [2.05, 4.69) is 0 Å². The average Bonchev–Trinajstić information content (AvgIpc) is 2.92. The predicted octanol–water partition coefficient (Wildman–Crippen LogP) is 1.27. The molecule has 0 N–H and O–H groups in total. The van der Waals surface area contributed by atoms with Gasteiger partial charge in [0.25, 0.3) is 0 Å². The summed E-state index contributed by atoms with van der Waals surface area (Å²) in [5.74, 6) is 0.755. The van der Waals surface area contributed by atoms with Gasteiger partial charge in [-0.25, -0.2) is 0 Å². The van der Waals surface area contributed by atoms with Crippen LogP contribution in [-0.4, -0.2) is 51.2 Å². The van der Waals surface area contributed by atoms with Gasteiger partial charge in [0.05, 0.1) is 27.2 Å². The Hall–Kier alpha value is -2.24. The quantitative estimate of drug-likeness (QED) is 0.741. The third kappa shape index (κ3) is 3.69. The number of hydrogen-bond donors (Lipinski definition) is 0. The van der Waals surface area contributed by atoms with Gasteiger partial charge in [0.1, 0.15) is 11.5 Å². The molecule has 2 rings (SSSR count). The number of likely N-dealkylation sites (tertiary alicyclic amines) is 1. The predicted molar refractivity (Wildman–Crippen MR) is 80.0 cm³/mol. The molecular weight excluding hydrogens is 286 g/mol. The molecule has 22 heavy (non-hydrogen) atoms. The molecule has 0 bridgehead atoms. The molecule has 1 aromatic rings. The normalized spacial score (nSPS) is 17.5. The fraction of sp³-hybridized carbons (Fsp3) is 0.500. The number of methoxy groups -OCH3 is 3. The fourth-order valence-electron chi connectivity index (χ4n) is 2.59.